The molecule has 72 heavy (non-hydrogen) atoms. The van der Waals surface area contributed by atoms with Crippen molar-refractivity contribution in [1.82, 2.24) is 41.7 Å². The highest BCUT2D eigenvalue weighted by Crippen LogP contribution is 2.24. The molecule has 6 atom stereocenters. The summed E-state index contributed by atoms with van der Waals surface area (Å²) in [6.07, 6.45) is 0.364. The van der Waals surface area contributed by atoms with Crippen molar-refractivity contribution >= 4 is 68.8 Å². The Morgan fingerprint density at radius 1 is 0.542 bits per heavy atom. The highest BCUT2D eigenvalue weighted by atomic mass is 33.1. The predicted octanol–water partition coefficient (Wildman–Crippen LogP) is -0.740. The molecule has 20 nitrogen and oxygen atoms in total. The molecule has 0 radical (unpaired) electrons. The third kappa shape index (κ3) is 16.7. The molecule has 4 aromatic carbocycles. The molecule has 3 fully saturated rings. The van der Waals surface area contributed by atoms with E-state index >= 15 is 0 Å². The summed E-state index contributed by atoms with van der Waals surface area (Å²) in [7, 11) is 2.11. The monoisotopic (exact) mass is 1020 g/mol. The number of benzene rings is 4. The van der Waals surface area contributed by atoms with E-state index in [-0.39, 0.29) is 74.9 Å². The summed E-state index contributed by atoms with van der Waals surface area (Å²) in [6, 6.07) is 23.4. The number of nitrogens with zero attached hydrogens (tertiary/aromatic N) is 2. The van der Waals surface area contributed by atoms with E-state index < -0.39 is 96.6 Å². The number of piperazine rings is 1. The first kappa shape index (κ1) is 54.2. The smallest absolute Gasteiger partial charge is 0.245 e. The summed E-state index contributed by atoms with van der Waals surface area (Å²) in [5, 5.41) is 35.4. The lowest BCUT2D eigenvalue weighted by Gasteiger charge is -2.38. The summed E-state index contributed by atoms with van der Waals surface area (Å²) >= 11 is 0. The van der Waals surface area contributed by atoms with Crippen molar-refractivity contribution < 1.29 is 48.6 Å². The first-order valence-corrected chi connectivity index (χ1v) is 25.8. The van der Waals surface area contributed by atoms with Gasteiger partial charge in [0.1, 0.15) is 35.7 Å². The van der Waals surface area contributed by atoms with Crippen molar-refractivity contribution in [1.29, 1.82) is 0 Å². The van der Waals surface area contributed by atoms with Crippen molar-refractivity contribution in [2.24, 2.45) is 11.5 Å². The molecule has 3 heterocycles. The van der Waals surface area contributed by atoms with Crippen molar-refractivity contribution in [3.05, 3.63) is 131 Å². The van der Waals surface area contributed by atoms with Crippen LogP contribution in [0, 0.1) is 0 Å². The molecule has 22 heteroatoms. The van der Waals surface area contributed by atoms with Gasteiger partial charge in [0, 0.05) is 50.5 Å². The van der Waals surface area contributed by atoms with Crippen molar-refractivity contribution in [2.75, 3.05) is 50.8 Å². The Balaban J connectivity index is 1.24. The predicted molar refractivity (Wildman–Crippen MR) is 272 cm³/mol. The molecule has 3 aliphatic rings. The van der Waals surface area contributed by atoms with Crippen molar-refractivity contribution in [3.63, 3.8) is 0 Å². The zero-order valence-corrected chi connectivity index (χ0v) is 41.0. The minimum atomic E-state index is -1.28. The first-order chi connectivity index (χ1) is 34.6. The minimum Gasteiger partial charge on any atom is -0.508 e. The highest BCUT2D eigenvalue weighted by Gasteiger charge is 2.34. The Bertz CT molecular complexity index is 2330. The van der Waals surface area contributed by atoms with Gasteiger partial charge in [-0.1, -0.05) is 107 Å². The normalized spacial score (nSPS) is 21.0. The largest absolute Gasteiger partial charge is 0.508 e. The van der Waals surface area contributed by atoms with Crippen LogP contribution in [0.3, 0.4) is 0 Å². The van der Waals surface area contributed by atoms with E-state index in [2.05, 4.69) is 31.9 Å². The van der Waals surface area contributed by atoms with Crippen LogP contribution in [0.5, 0.6) is 11.5 Å². The quantitative estimate of drug-likeness (QED) is 0.0783. The number of hydrogen-bond donors (Lipinski definition) is 10. The Labute approximate surface area is 424 Å². The molecule has 12 N–H and O–H groups in total. The van der Waals surface area contributed by atoms with Gasteiger partial charge in [0.05, 0.1) is 25.2 Å². The van der Waals surface area contributed by atoms with Crippen molar-refractivity contribution in [2.45, 2.75) is 61.9 Å². The topological polar surface area (TPSA) is 308 Å². The zero-order chi connectivity index (χ0) is 51.6. The van der Waals surface area contributed by atoms with E-state index in [1.165, 1.54) is 24.3 Å². The zero-order valence-electron chi connectivity index (χ0n) is 39.4. The molecule has 0 spiro atoms. The molecular formula is C50H60N10O10S2. The van der Waals surface area contributed by atoms with E-state index in [1.54, 1.807) is 58.3 Å². The maximum Gasteiger partial charge on any atom is 0.245 e. The van der Waals surface area contributed by atoms with Gasteiger partial charge < -0.3 is 63.4 Å². The summed E-state index contributed by atoms with van der Waals surface area (Å²) in [5.74, 6) is -5.30. The van der Waals surface area contributed by atoms with Gasteiger partial charge in [0.15, 0.2) is 0 Å². The van der Waals surface area contributed by atoms with Gasteiger partial charge in [-0.15, -0.1) is 0 Å². The van der Waals surface area contributed by atoms with Gasteiger partial charge in [-0.05, 0) is 59.4 Å². The van der Waals surface area contributed by atoms with E-state index in [0.29, 0.717) is 11.1 Å². The van der Waals surface area contributed by atoms with Gasteiger partial charge in [-0.25, -0.2) is 0 Å². The second kappa shape index (κ2) is 26.9. The van der Waals surface area contributed by atoms with Crippen LogP contribution >= 0.6 is 21.6 Å². The van der Waals surface area contributed by atoms with E-state index in [9.17, 15) is 48.6 Å². The fourth-order valence-corrected chi connectivity index (χ4v) is 10.2. The van der Waals surface area contributed by atoms with Gasteiger partial charge in [-0.3, -0.25) is 38.4 Å². The number of rotatable bonds is 12. The van der Waals surface area contributed by atoms with Crippen LogP contribution in [0.4, 0.5) is 0 Å². The molecule has 0 aliphatic carbocycles. The number of phenols is 2. The molecule has 8 amide bonds. The Morgan fingerprint density at radius 3 is 1.24 bits per heavy atom. The lowest BCUT2D eigenvalue weighted by atomic mass is 10.0. The Morgan fingerprint density at radius 2 is 0.889 bits per heavy atom. The molecule has 2 bridgehead atoms. The molecule has 0 unspecified atom stereocenters. The number of amides is 8. The van der Waals surface area contributed by atoms with Gasteiger partial charge in [0.2, 0.25) is 47.3 Å². The van der Waals surface area contributed by atoms with Crippen LogP contribution in [-0.4, -0.2) is 154 Å². The van der Waals surface area contributed by atoms with Crippen LogP contribution in [0.2, 0.25) is 0 Å². The Kier molecular flexibility index (Phi) is 20.2. The summed E-state index contributed by atoms with van der Waals surface area (Å²) < 4.78 is 0. The molecule has 3 saturated heterocycles. The molecule has 4 aromatic rings. The number of fused-ring (bicyclic) bond motifs is 21. The third-order valence-electron chi connectivity index (χ3n) is 11.9. The third-order valence-corrected chi connectivity index (χ3v) is 14.3. The Hall–Kier alpha value is -7.14. The fourth-order valence-electron chi connectivity index (χ4n) is 7.87. The molecule has 3 aliphatic heterocycles. The average Bonchev–Trinajstić information content (AvgIpc) is 3.38. The van der Waals surface area contributed by atoms with Crippen molar-refractivity contribution in [3.8, 4) is 11.5 Å². The lowest BCUT2D eigenvalue weighted by Crippen LogP contribution is -2.60. The number of carbonyl (C=O) groups excluding carboxylic acids is 8. The van der Waals surface area contributed by atoms with Crippen LogP contribution in [0.25, 0.3) is 0 Å². The number of phenolic OH excluding ortho intramolecular Hbond substituents is 2. The number of aromatic hydroxyl groups is 2. The summed E-state index contributed by atoms with van der Waals surface area (Å²) in [6.45, 7) is -0.693. The van der Waals surface area contributed by atoms with E-state index in [0.717, 1.165) is 32.7 Å². The standard InChI is InChI=1S/C50H60N10O10S2/c51-37(23-33-11-15-35(61)16-12-33)45(65)57-41-29-71-72-30-42(58-46(66)38(52)24-34-13-17-36(62)18-14-34)48(68)54-28-44(64)56-40(26-32-9-5-2-6-10-32)50(70)60-21-19-59(20-22-60)49(69)39(25-31-7-3-1-4-8-31)55-43(63)27-53-47(41)67/h1-18,37-42,61-62H,19-30,51-52H2,(H,53,67)(H,54,68)(H,55,63)(H,56,64)(H,57,65)(H,58,66)/t37-,38-,39-,40-,41+,42+/m0/s1. The number of nitrogens with two attached hydrogens (primary N) is 2. The van der Waals surface area contributed by atoms with Gasteiger partial charge in [-0.2, -0.15) is 0 Å². The maximum absolute atomic E-state index is 14.2. The van der Waals surface area contributed by atoms with Crippen LogP contribution in [-0.2, 0) is 64.0 Å². The first-order valence-electron chi connectivity index (χ1n) is 23.3. The summed E-state index contributed by atoms with van der Waals surface area (Å²) in [4.78, 5) is 113. The number of hydrogen-bond acceptors (Lipinski definition) is 14. The van der Waals surface area contributed by atoms with E-state index in [4.69, 9.17) is 11.5 Å². The van der Waals surface area contributed by atoms with Crippen LogP contribution in [0.15, 0.2) is 109 Å². The fraction of sp³-hybridized carbons (Fsp3) is 0.360. The van der Waals surface area contributed by atoms with Crippen LogP contribution < -0.4 is 43.4 Å². The maximum atomic E-state index is 14.2. The number of carbonyl (C=O) groups is 8. The molecule has 0 aromatic heterocycles. The second-order valence-electron chi connectivity index (χ2n) is 17.4. The minimum absolute atomic E-state index is 0.0257. The summed E-state index contributed by atoms with van der Waals surface area (Å²) in [5.41, 5.74) is 15.3. The molecule has 382 valence electrons. The number of nitrogens with one attached hydrogen (secondary N) is 6. The van der Waals surface area contributed by atoms with Gasteiger partial charge >= 0.3 is 0 Å². The van der Waals surface area contributed by atoms with Gasteiger partial charge in [0.25, 0.3) is 0 Å². The highest BCUT2D eigenvalue weighted by molar-refractivity contribution is 8.76. The lowest BCUT2D eigenvalue weighted by molar-refractivity contribution is -0.143. The van der Waals surface area contributed by atoms with E-state index in [1.807, 2.05) is 36.4 Å². The molecule has 0 saturated carbocycles. The van der Waals surface area contributed by atoms with Crippen LogP contribution in [0.1, 0.15) is 22.3 Å². The molecule has 7 rings (SSSR count). The average molecular weight is 1030 g/mol. The molecular weight excluding hydrogens is 965 g/mol. The SMILES string of the molecule is N[C@@H](Cc1ccc(O)cc1)C(=O)N[C@@H]1CSSC[C@@H](NC(=O)[C@@H](N)Cc2ccc(O)cc2)C(=O)NCC(=O)N[C@@H](Cc2ccccc2)C(=O)N2CCN(CC2)C(=O)[C@H](Cc2ccccc2)NC(=O)CNC1=O. The second-order valence-corrected chi connectivity index (χ2v) is 19.9.